The molecule has 0 saturated carbocycles. The molecule has 2 aromatic carbocycles. The lowest BCUT2D eigenvalue weighted by atomic mass is 9.96. The summed E-state index contributed by atoms with van der Waals surface area (Å²) in [7, 11) is -3.84. The molecule has 3 rings (SSSR count). The number of sulfonamides is 1. The molecular formula is C16H15BrN2O3S. The largest absolute Gasteiger partial charge is 0.368 e. The van der Waals surface area contributed by atoms with Crippen LogP contribution in [0.5, 0.6) is 0 Å². The number of hydrogen-bond acceptors (Lipinski definition) is 3. The van der Waals surface area contributed by atoms with E-state index in [4.69, 9.17) is 5.73 Å². The number of primary amides is 1. The van der Waals surface area contributed by atoms with E-state index in [1.54, 1.807) is 18.2 Å². The summed E-state index contributed by atoms with van der Waals surface area (Å²) in [5, 5.41) is 0. The summed E-state index contributed by atoms with van der Waals surface area (Å²) in [6.45, 7) is 0.132. The average Bonchev–Trinajstić information content (AvgIpc) is 2.53. The van der Waals surface area contributed by atoms with Gasteiger partial charge in [-0.05, 0) is 45.6 Å². The zero-order chi connectivity index (χ0) is 16.6. The molecule has 0 fully saturated rings. The average molecular weight is 395 g/mol. The lowest BCUT2D eigenvalue weighted by Gasteiger charge is -2.34. The van der Waals surface area contributed by atoms with Crippen LogP contribution in [-0.4, -0.2) is 24.7 Å². The fraction of sp³-hybridized carbons (Fsp3) is 0.188. The van der Waals surface area contributed by atoms with Crippen LogP contribution in [0.15, 0.2) is 57.9 Å². The van der Waals surface area contributed by atoms with Gasteiger partial charge in [-0.25, -0.2) is 8.42 Å². The van der Waals surface area contributed by atoms with Gasteiger partial charge in [0.2, 0.25) is 15.9 Å². The Morgan fingerprint density at radius 3 is 2.35 bits per heavy atom. The third-order valence-electron chi connectivity index (χ3n) is 3.96. The van der Waals surface area contributed by atoms with E-state index in [0.29, 0.717) is 4.47 Å². The van der Waals surface area contributed by atoms with Crippen LogP contribution in [0.4, 0.5) is 0 Å². The molecule has 7 heteroatoms. The number of benzene rings is 2. The fourth-order valence-electron chi connectivity index (χ4n) is 2.77. The minimum atomic E-state index is -3.84. The van der Waals surface area contributed by atoms with Gasteiger partial charge in [-0.15, -0.1) is 0 Å². The van der Waals surface area contributed by atoms with Crippen molar-refractivity contribution in [3.63, 3.8) is 0 Å². The van der Waals surface area contributed by atoms with Crippen molar-refractivity contribution < 1.29 is 13.2 Å². The molecule has 1 aliphatic rings. The van der Waals surface area contributed by atoms with Crippen LogP contribution in [0.3, 0.4) is 0 Å². The van der Waals surface area contributed by atoms with Gasteiger partial charge in [-0.1, -0.05) is 36.4 Å². The Morgan fingerprint density at radius 2 is 1.70 bits per heavy atom. The van der Waals surface area contributed by atoms with E-state index >= 15 is 0 Å². The Hall–Kier alpha value is -1.70. The third kappa shape index (κ3) is 2.91. The van der Waals surface area contributed by atoms with E-state index < -0.39 is 22.0 Å². The van der Waals surface area contributed by atoms with Crippen molar-refractivity contribution in [3.8, 4) is 0 Å². The van der Waals surface area contributed by atoms with Gasteiger partial charge in [0.05, 0.1) is 4.90 Å². The van der Waals surface area contributed by atoms with Crippen molar-refractivity contribution in [3.05, 3.63) is 64.1 Å². The molecule has 0 saturated heterocycles. The summed E-state index contributed by atoms with van der Waals surface area (Å²) < 4.78 is 27.7. The molecule has 1 heterocycles. The summed E-state index contributed by atoms with van der Waals surface area (Å²) in [5.41, 5.74) is 7.31. The molecule has 0 aromatic heterocycles. The zero-order valence-corrected chi connectivity index (χ0v) is 14.5. The van der Waals surface area contributed by atoms with Crippen molar-refractivity contribution in [2.24, 2.45) is 5.73 Å². The van der Waals surface area contributed by atoms with Crippen LogP contribution in [-0.2, 0) is 27.8 Å². The fourth-order valence-corrected chi connectivity index (χ4v) is 5.31. The van der Waals surface area contributed by atoms with Crippen LogP contribution in [0.25, 0.3) is 0 Å². The monoisotopic (exact) mass is 394 g/mol. The second-order valence-corrected chi connectivity index (χ2v) is 8.08. The topological polar surface area (TPSA) is 80.5 Å². The van der Waals surface area contributed by atoms with E-state index in [1.165, 1.54) is 10.4 Å². The Kier molecular flexibility index (Phi) is 4.27. The first-order chi connectivity index (χ1) is 10.9. The molecule has 2 N–H and O–H groups in total. The highest BCUT2D eigenvalue weighted by atomic mass is 79.9. The van der Waals surface area contributed by atoms with Crippen molar-refractivity contribution in [2.45, 2.75) is 23.9 Å². The van der Waals surface area contributed by atoms with Gasteiger partial charge in [0, 0.05) is 11.0 Å². The standard InChI is InChI=1S/C16H15BrN2O3S/c17-13-7-3-4-8-15(13)23(21,22)19-10-12-6-2-1-5-11(12)9-14(19)16(18)20/h1-8,14H,9-10H2,(H2,18,20). The maximum Gasteiger partial charge on any atom is 0.245 e. The van der Waals surface area contributed by atoms with Gasteiger partial charge in [0.15, 0.2) is 0 Å². The summed E-state index contributed by atoms with van der Waals surface area (Å²) >= 11 is 3.27. The van der Waals surface area contributed by atoms with Crippen LogP contribution >= 0.6 is 15.9 Å². The number of carbonyl (C=O) groups is 1. The predicted molar refractivity (Wildman–Crippen MR) is 90.0 cm³/mol. The molecule has 120 valence electrons. The maximum atomic E-state index is 13.0. The van der Waals surface area contributed by atoms with Crippen molar-refractivity contribution in [1.29, 1.82) is 0 Å². The van der Waals surface area contributed by atoms with Crippen LogP contribution < -0.4 is 5.73 Å². The zero-order valence-electron chi connectivity index (χ0n) is 12.1. The van der Waals surface area contributed by atoms with Crippen molar-refractivity contribution >= 4 is 31.9 Å². The number of nitrogens with two attached hydrogens (primary N) is 1. The Morgan fingerprint density at radius 1 is 1.09 bits per heavy atom. The molecule has 0 radical (unpaired) electrons. The molecule has 0 bridgehead atoms. The molecule has 0 aliphatic carbocycles. The number of amides is 1. The molecule has 1 unspecified atom stereocenters. The molecular weight excluding hydrogens is 380 g/mol. The van der Waals surface area contributed by atoms with E-state index in [-0.39, 0.29) is 17.9 Å². The second-order valence-electron chi connectivity index (χ2n) is 5.37. The number of carbonyl (C=O) groups excluding carboxylic acids is 1. The summed E-state index contributed by atoms with van der Waals surface area (Å²) in [4.78, 5) is 12.0. The molecule has 5 nitrogen and oxygen atoms in total. The molecule has 23 heavy (non-hydrogen) atoms. The number of fused-ring (bicyclic) bond motifs is 1. The first kappa shape index (κ1) is 16.2. The van der Waals surface area contributed by atoms with Gasteiger partial charge in [-0.2, -0.15) is 4.31 Å². The van der Waals surface area contributed by atoms with Crippen LogP contribution in [0, 0.1) is 0 Å². The number of hydrogen-bond donors (Lipinski definition) is 1. The normalized spacial score (nSPS) is 18.4. The van der Waals surface area contributed by atoms with Crippen LogP contribution in [0.2, 0.25) is 0 Å². The first-order valence-corrected chi connectivity index (χ1v) is 9.27. The Balaban J connectivity index is 2.10. The van der Waals surface area contributed by atoms with Crippen LogP contribution in [0.1, 0.15) is 11.1 Å². The van der Waals surface area contributed by atoms with E-state index in [0.717, 1.165) is 11.1 Å². The van der Waals surface area contributed by atoms with Crippen molar-refractivity contribution in [2.75, 3.05) is 0 Å². The van der Waals surface area contributed by atoms with Gasteiger partial charge < -0.3 is 5.73 Å². The molecule has 1 aliphatic heterocycles. The number of rotatable bonds is 3. The van der Waals surface area contributed by atoms with Gasteiger partial charge in [0.1, 0.15) is 6.04 Å². The minimum Gasteiger partial charge on any atom is -0.368 e. The van der Waals surface area contributed by atoms with Gasteiger partial charge in [0.25, 0.3) is 0 Å². The molecule has 1 amide bonds. The summed E-state index contributed by atoms with van der Waals surface area (Å²) in [5.74, 6) is -0.643. The van der Waals surface area contributed by atoms with Gasteiger partial charge in [-0.3, -0.25) is 4.79 Å². The quantitative estimate of drug-likeness (QED) is 0.864. The third-order valence-corrected chi connectivity index (χ3v) is 6.82. The molecule has 1 atom stereocenters. The lowest BCUT2D eigenvalue weighted by molar-refractivity contribution is -0.122. The Labute approximate surface area is 143 Å². The number of halogens is 1. The SMILES string of the molecule is NC(=O)C1Cc2ccccc2CN1S(=O)(=O)c1ccccc1Br. The minimum absolute atomic E-state index is 0.130. The van der Waals surface area contributed by atoms with E-state index in [2.05, 4.69) is 15.9 Å². The van der Waals surface area contributed by atoms with E-state index in [1.807, 2.05) is 24.3 Å². The maximum absolute atomic E-state index is 13.0. The first-order valence-electron chi connectivity index (χ1n) is 7.03. The highest BCUT2D eigenvalue weighted by molar-refractivity contribution is 9.10. The highest BCUT2D eigenvalue weighted by Crippen LogP contribution is 2.31. The predicted octanol–water partition coefficient (Wildman–Crippen LogP) is 2.05. The van der Waals surface area contributed by atoms with E-state index in [9.17, 15) is 13.2 Å². The smallest absolute Gasteiger partial charge is 0.245 e. The second kappa shape index (κ2) is 6.07. The lowest BCUT2D eigenvalue weighted by Crippen LogP contribution is -2.51. The highest BCUT2D eigenvalue weighted by Gasteiger charge is 2.39. The molecule has 2 aromatic rings. The summed E-state index contributed by atoms with van der Waals surface area (Å²) in [6, 6.07) is 13.2. The summed E-state index contributed by atoms with van der Waals surface area (Å²) in [6.07, 6.45) is 0.287. The Bertz CT molecular complexity index is 867. The van der Waals surface area contributed by atoms with Crippen molar-refractivity contribution in [1.82, 2.24) is 4.31 Å². The number of nitrogens with zero attached hydrogens (tertiary/aromatic N) is 1. The van der Waals surface area contributed by atoms with Gasteiger partial charge >= 0.3 is 0 Å². The molecule has 0 spiro atoms.